The van der Waals surface area contributed by atoms with Crippen molar-refractivity contribution in [2.75, 3.05) is 13.1 Å². The van der Waals surface area contributed by atoms with Gasteiger partial charge in [-0.25, -0.2) is 4.68 Å². The Balaban J connectivity index is 1.20. The van der Waals surface area contributed by atoms with Gasteiger partial charge in [0.05, 0.1) is 17.9 Å². The van der Waals surface area contributed by atoms with Crippen molar-refractivity contribution >= 4 is 17.7 Å². The van der Waals surface area contributed by atoms with Gasteiger partial charge in [-0.2, -0.15) is 0 Å². The average molecular weight is 409 g/mol. The van der Waals surface area contributed by atoms with E-state index in [0.717, 1.165) is 29.9 Å². The molecule has 30 heavy (non-hydrogen) atoms. The van der Waals surface area contributed by atoms with E-state index in [9.17, 15) is 14.4 Å². The highest BCUT2D eigenvalue weighted by molar-refractivity contribution is 6.05. The molecule has 10 heteroatoms. The van der Waals surface area contributed by atoms with Crippen molar-refractivity contribution in [2.24, 2.45) is 0 Å². The van der Waals surface area contributed by atoms with Crippen LogP contribution in [-0.2, 0) is 29.2 Å². The van der Waals surface area contributed by atoms with Crippen molar-refractivity contribution in [3.8, 4) is 0 Å². The smallest absolute Gasteiger partial charge is 0.255 e. The highest BCUT2D eigenvalue weighted by Crippen LogP contribution is 2.28. The summed E-state index contributed by atoms with van der Waals surface area (Å²) in [5, 5.41) is 17.2. The predicted molar refractivity (Wildman–Crippen MR) is 105 cm³/mol. The van der Waals surface area contributed by atoms with Gasteiger partial charge in [-0.3, -0.25) is 19.7 Å². The van der Waals surface area contributed by atoms with Crippen molar-refractivity contribution in [2.45, 2.75) is 44.6 Å². The number of hydrogen-bond acceptors (Lipinski definition) is 7. The number of fused-ring (bicyclic) bond motifs is 1. The molecule has 0 spiro atoms. The third-order valence-electron chi connectivity index (χ3n) is 5.92. The highest BCUT2D eigenvalue weighted by atomic mass is 16.2. The van der Waals surface area contributed by atoms with Gasteiger partial charge in [0.1, 0.15) is 6.04 Å². The molecule has 4 heterocycles. The van der Waals surface area contributed by atoms with E-state index in [2.05, 4.69) is 26.3 Å². The van der Waals surface area contributed by atoms with Crippen molar-refractivity contribution in [1.82, 2.24) is 35.8 Å². The Bertz CT molecular complexity index is 1010. The molecule has 2 fully saturated rings. The third-order valence-corrected chi connectivity index (χ3v) is 5.92. The quantitative estimate of drug-likeness (QED) is 0.549. The minimum Gasteiger partial charge on any atom is -0.322 e. The van der Waals surface area contributed by atoms with Gasteiger partial charge in [-0.15, -0.1) is 5.10 Å². The van der Waals surface area contributed by atoms with E-state index in [1.54, 1.807) is 4.90 Å². The first kappa shape index (κ1) is 18.9. The van der Waals surface area contributed by atoms with Crippen molar-refractivity contribution in [1.29, 1.82) is 0 Å². The number of nitrogens with one attached hydrogen (secondary N) is 3. The summed E-state index contributed by atoms with van der Waals surface area (Å²) in [6.45, 7) is 3.43. The fourth-order valence-electron chi connectivity index (χ4n) is 4.08. The molecule has 5 rings (SSSR count). The molecule has 3 aliphatic rings. The van der Waals surface area contributed by atoms with Crippen LogP contribution >= 0.6 is 0 Å². The second-order valence-corrected chi connectivity index (χ2v) is 8.00. The molecule has 1 aromatic heterocycles. The summed E-state index contributed by atoms with van der Waals surface area (Å²) in [6.07, 6.45) is 2.59. The molecule has 156 valence electrons. The molecule has 1 unspecified atom stereocenters. The lowest BCUT2D eigenvalue weighted by Crippen LogP contribution is -2.52. The van der Waals surface area contributed by atoms with Crippen LogP contribution in [0.3, 0.4) is 0 Å². The lowest BCUT2D eigenvalue weighted by atomic mass is 10.0. The third kappa shape index (κ3) is 3.48. The van der Waals surface area contributed by atoms with Gasteiger partial charge in [-0.05, 0) is 23.6 Å². The zero-order chi connectivity index (χ0) is 20.7. The maximum absolute atomic E-state index is 12.9. The summed E-state index contributed by atoms with van der Waals surface area (Å²) in [6, 6.07) is 5.62. The van der Waals surface area contributed by atoms with Crippen LogP contribution in [0.5, 0.6) is 0 Å². The molecule has 0 aliphatic carbocycles. The Morgan fingerprint density at radius 2 is 2.03 bits per heavy atom. The maximum Gasteiger partial charge on any atom is 0.255 e. The number of aromatic nitrogens is 3. The summed E-state index contributed by atoms with van der Waals surface area (Å²) in [7, 11) is 0. The first-order chi connectivity index (χ1) is 14.6. The van der Waals surface area contributed by atoms with Crippen molar-refractivity contribution < 1.29 is 14.4 Å². The summed E-state index contributed by atoms with van der Waals surface area (Å²) >= 11 is 0. The first-order valence-corrected chi connectivity index (χ1v) is 10.2. The van der Waals surface area contributed by atoms with Gasteiger partial charge >= 0.3 is 0 Å². The van der Waals surface area contributed by atoms with Gasteiger partial charge in [0.2, 0.25) is 11.8 Å². The van der Waals surface area contributed by atoms with E-state index in [1.165, 1.54) is 0 Å². The Kier molecular flexibility index (Phi) is 4.80. The van der Waals surface area contributed by atoms with Gasteiger partial charge in [0.15, 0.2) is 0 Å². The molecule has 0 bridgehead atoms. The van der Waals surface area contributed by atoms with Gasteiger partial charge in [-0.1, -0.05) is 17.3 Å². The summed E-state index contributed by atoms with van der Waals surface area (Å²) in [4.78, 5) is 38.0. The second-order valence-electron chi connectivity index (χ2n) is 8.00. The molecule has 3 amide bonds. The maximum atomic E-state index is 12.9. The van der Waals surface area contributed by atoms with E-state index in [4.69, 9.17) is 0 Å². The number of piperidine rings is 1. The fourth-order valence-corrected chi connectivity index (χ4v) is 4.08. The lowest BCUT2D eigenvalue weighted by molar-refractivity contribution is -0.136. The molecule has 3 aliphatic heterocycles. The number of nitrogens with zero attached hydrogens (tertiary/aromatic N) is 4. The zero-order valence-corrected chi connectivity index (χ0v) is 16.4. The van der Waals surface area contributed by atoms with Gasteiger partial charge in [0, 0.05) is 44.7 Å². The van der Waals surface area contributed by atoms with E-state index in [-0.39, 0.29) is 24.1 Å². The van der Waals surface area contributed by atoms with E-state index in [0.29, 0.717) is 37.7 Å². The molecule has 2 aromatic rings. The predicted octanol–water partition coefficient (Wildman–Crippen LogP) is -0.527. The molecule has 0 saturated carbocycles. The van der Waals surface area contributed by atoms with Crippen LogP contribution in [0.15, 0.2) is 24.4 Å². The van der Waals surface area contributed by atoms with Gasteiger partial charge in [0.25, 0.3) is 5.91 Å². The number of amides is 3. The molecule has 3 N–H and O–H groups in total. The Morgan fingerprint density at radius 3 is 2.80 bits per heavy atom. The molecule has 2 saturated heterocycles. The molecule has 1 aromatic carbocycles. The normalized spacial score (nSPS) is 21.5. The summed E-state index contributed by atoms with van der Waals surface area (Å²) in [5.74, 6) is -0.823. The fraction of sp³-hybridized carbons (Fsp3) is 0.450. The van der Waals surface area contributed by atoms with E-state index in [1.807, 2.05) is 29.1 Å². The Morgan fingerprint density at radius 1 is 1.17 bits per heavy atom. The largest absolute Gasteiger partial charge is 0.322 e. The number of hydrogen-bond donors (Lipinski definition) is 3. The van der Waals surface area contributed by atoms with Crippen LogP contribution in [0.2, 0.25) is 0 Å². The van der Waals surface area contributed by atoms with Crippen molar-refractivity contribution in [3.05, 3.63) is 46.8 Å². The number of carbonyl (C=O) groups is 3. The molecule has 1 atom stereocenters. The van der Waals surface area contributed by atoms with E-state index >= 15 is 0 Å². The topological polar surface area (TPSA) is 121 Å². The summed E-state index contributed by atoms with van der Waals surface area (Å²) in [5.41, 5.74) is 3.40. The van der Waals surface area contributed by atoms with Crippen LogP contribution in [0.25, 0.3) is 0 Å². The summed E-state index contributed by atoms with van der Waals surface area (Å²) < 4.78 is 1.89. The van der Waals surface area contributed by atoms with Crippen LogP contribution in [0.4, 0.5) is 0 Å². The highest BCUT2D eigenvalue weighted by Gasteiger charge is 2.39. The molecular formula is C20H23N7O3. The first-order valence-electron chi connectivity index (χ1n) is 10.2. The number of carbonyl (C=O) groups excluding carboxylic acids is 3. The zero-order valence-electron chi connectivity index (χ0n) is 16.4. The minimum absolute atomic E-state index is 0.154. The minimum atomic E-state index is -0.586. The molecule has 0 radical (unpaired) electrons. The average Bonchev–Trinajstić information content (AvgIpc) is 3.26. The Hall–Kier alpha value is -3.11. The van der Waals surface area contributed by atoms with Crippen molar-refractivity contribution in [3.63, 3.8) is 0 Å². The standard InChI is InChI=1S/C20H23N7O3/c28-18-4-3-17(19(29)23-18)26-10-13-2-1-12(5-16(13)20(26)30)6-21-7-14-11-27(25-24-14)15-8-22-9-15/h1-2,5,11,15,17,21-22H,3-4,6-10H2,(H,23,28,29). The van der Waals surface area contributed by atoms with Crippen LogP contribution in [-0.4, -0.2) is 56.7 Å². The van der Waals surface area contributed by atoms with Crippen LogP contribution in [0, 0.1) is 0 Å². The lowest BCUT2D eigenvalue weighted by Gasteiger charge is -2.29. The monoisotopic (exact) mass is 409 g/mol. The van der Waals surface area contributed by atoms with Crippen LogP contribution in [0.1, 0.15) is 46.1 Å². The van der Waals surface area contributed by atoms with Crippen LogP contribution < -0.4 is 16.0 Å². The number of imide groups is 1. The number of benzene rings is 1. The SMILES string of the molecule is O=C1CCC(N2Cc3ccc(CNCc4cn(C5CNC5)nn4)cc3C2=O)C(=O)N1. The van der Waals surface area contributed by atoms with E-state index < -0.39 is 6.04 Å². The number of rotatable bonds is 6. The second kappa shape index (κ2) is 7.62. The molecule has 10 nitrogen and oxygen atoms in total. The van der Waals surface area contributed by atoms with Gasteiger partial charge < -0.3 is 15.5 Å². The Labute approximate surface area is 173 Å². The molecular weight excluding hydrogens is 386 g/mol.